The molecule has 3 rings (SSSR count). The number of aliphatic hydroxyl groups excluding tert-OH is 1. The van der Waals surface area contributed by atoms with E-state index < -0.39 is 0 Å². The molecule has 2 saturated heterocycles. The van der Waals surface area contributed by atoms with Gasteiger partial charge in [0.15, 0.2) is 0 Å². The van der Waals surface area contributed by atoms with Crippen LogP contribution in [0.2, 0.25) is 5.15 Å². The summed E-state index contributed by atoms with van der Waals surface area (Å²) < 4.78 is 0. The maximum Gasteiger partial charge on any atom is 0.133 e. The highest BCUT2D eigenvalue weighted by Crippen LogP contribution is 2.35. The molecule has 20 heavy (non-hydrogen) atoms. The summed E-state index contributed by atoms with van der Waals surface area (Å²) in [5.74, 6) is 0.727. The number of likely N-dealkylation sites (N-methyl/N-ethyl adjacent to an activating group) is 1. The molecule has 2 fully saturated rings. The minimum Gasteiger partial charge on any atom is -0.394 e. The molecule has 0 aliphatic carbocycles. The van der Waals surface area contributed by atoms with E-state index in [4.69, 9.17) is 16.7 Å². The van der Waals surface area contributed by atoms with Gasteiger partial charge < -0.3 is 15.3 Å². The van der Waals surface area contributed by atoms with Gasteiger partial charge in [0, 0.05) is 43.0 Å². The van der Waals surface area contributed by atoms with Crippen molar-refractivity contribution < 1.29 is 5.11 Å². The molecule has 0 saturated carbocycles. The molecule has 2 N–H and O–H groups in total. The number of likely N-dealkylation sites (tertiary alicyclic amines) is 1. The third-order valence-corrected chi connectivity index (χ3v) is 4.49. The lowest BCUT2D eigenvalue weighted by Crippen LogP contribution is -2.44. The number of hydrogen-bond donors (Lipinski definition) is 2. The second-order valence-electron chi connectivity index (χ2n) is 5.90. The molecule has 0 radical (unpaired) electrons. The first-order valence-corrected chi connectivity index (χ1v) is 7.46. The molecular weight excluding hydrogens is 276 g/mol. The number of nitrogens with one attached hydrogen (secondary N) is 1. The summed E-state index contributed by atoms with van der Waals surface area (Å²) in [6.07, 6.45) is 1.23. The van der Waals surface area contributed by atoms with Crippen LogP contribution in [0.1, 0.15) is 13.3 Å². The van der Waals surface area contributed by atoms with Crippen molar-refractivity contribution >= 4 is 23.1 Å². The summed E-state index contributed by atoms with van der Waals surface area (Å²) in [7, 11) is 2.19. The Kier molecular flexibility index (Phi) is 3.75. The van der Waals surface area contributed by atoms with Gasteiger partial charge in [0.1, 0.15) is 11.0 Å². The van der Waals surface area contributed by atoms with Gasteiger partial charge in [-0.15, -0.1) is 0 Å². The molecule has 3 atom stereocenters. The number of piperazine rings is 1. The molecule has 2 aliphatic heterocycles. The zero-order valence-electron chi connectivity index (χ0n) is 11.9. The van der Waals surface area contributed by atoms with Crippen LogP contribution in [0.15, 0.2) is 12.1 Å². The van der Waals surface area contributed by atoms with Crippen LogP contribution in [0, 0.1) is 0 Å². The maximum absolute atomic E-state index is 9.12. The summed E-state index contributed by atoms with van der Waals surface area (Å²) in [6.45, 7) is 4.15. The second kappa shape index (κ2) is 5.39. The molecule has 6 heteroatoms. The topological polar surface area (TPSA) is 51.6 Å². The van der Waals surface area contributed by atoms with Gasteiger partial charge in [-0.1, -0.05) is 11.6 Å². The molecule has 2 unspecified atom stereocenters. The smallest absolute Gasteiger partial charge is 0.133 e. The Hall–Kier alpha value is -1.04. The van der Waals surface area contributed by atoms with Crippen molar-refractivity contribution in [2.75, 3.05) is 37.0 Å². The Bertz CT molecular complexity index is 496. The van der Waals surface area contributed by atoms with Crippen molar-refractivity contribution in [3.63, 3.8) is 0 Å². The van der Waals surface area contributed by atoms with E-state index in [1.807, 2.05) is 19.1 Å². The SMILES string of the molecule is C[C@@H](CO)Nc1cc(N2CC3CC2CN3C)cc(Cl)n1. The van der Waals surface area contributed by atoms with Crippen molar-refractivity contribution in [2.24, 2.45) is 0 Å². The third kappa shape index (κ3) is 2.57. The van der Waals surface area contributed by atoms with Crippen molar-refractivity contribution in [3.05, 3.63) is 17.3 Å². The third-order valence-electron chi connectivity index (χ3n) is 4.29. The number of hydrogen-bond acceptors (Lipinski definition) is 5. The maximum atomic E-state index is 9.12. The van der Waals surface area contributed by atoms with Crippen LogP contribution < -0.4 is 10.2 Å². The molecular formula is C14H21ClN4O. The van der Waals surface area contributed by atoms with E-state index in [1.54, 1.807) is 0 Å². The normalized spacial score (nSPS) is 27.1. The first-order valence-electron chi connectivity index (χ1n) is 7.08. The lowest BCUT2D eigenvalue weighted by molar-refractivity contribution is 0.281. The van der Waals surface area contributed by atoms with Crippen LogP contribution in [0.5, 0.6) is 0 Å². The van der Waals surface area contributed by atoms with Gasteiger partial charge in [-0.3, -0.25) is 4.90 Å². The molecule has 1 aromatic heterocycles. The van der Waals surface area contributed by atoms with Crippen LogP contribution in [0.4, 0.5) is 11.5 Å². The summed E-state index contributed by atoms with van der Waals surface area (Å²) >= 11 is 6.14. The number of nitrogens with zero attached hydrogens (tertiary/aromatic N) is 3. The largest absolute Gasteiger partial charge is 0.394 e. The number of rotatable bonds is 4. The van der Waals surface area contributed by atoms with E-state index >= 15 is 0 Å². The highest BCUT2D eigenvalue weighted by atomic mass is 35.5. The Morgan fingerprint density at radius 1 is 1.45 bits per heavy atom. The van der Waals surface area contributed by atoms with E-state index in [0.29, 0.717) is 17.2 Å². The first kappa shape index (κ1) is 13.9. The first-order chi connectivity index (χ1) is 9.56. The molecule has 0 amide bonds. The fourth-order valence-electron chi connectivity index (χ4n) is 3.20. The number of fused-ring (bicyclic) bond motifs is 2. The lowest BCUT2D eigenvalue weighted by atomic mass is 10.2. The fourth-order valence-corrected chi connectivity index (χ4v) is 3.41. The lowest BCUT2D eigenvalue weighted by Gasteiger charge is -2.33. The molecule has 110 valence electrons. The van der Waals surface area contributed by atoms with Gasteiger partial charge in [0.25, 0.3) is 0 Å². The average molecular weight is 297 g/mol. The number of aliphatic hydroxyl groups is 1. The van der Waals surface area contributed by atoms with E-state index in [9.17, 15) is 0 Å². The number of halogens is 1. The molecule has 1 aromatic rings. The van der Waals surface area contributed by atoms with Crippen LogP contribution in [-0.2, 0) is 0 Å². The molecule has 0 spiro atoms. The van der Waals surface area contributed by atoms with Crippen molar-refractivity contribution in [1.29, 1.82) is 0 Å². The summed E-state index contributed by atoms with van der Waals surface area (Å²) in [4.78, 5) is 9.13. The van der Waals surface area contributed by atoms with Gasteiger partial charge in [0.2, 0.25) is 0 Å². The van der Waals surface area contributed by atoms with E-state index in [1.165, 1.54) is 6.42 Å². The average Bonchev–Trinajstić information content (AvgIpc) is 2.96. The summed E-state index contributed by atoms with van der Waals surface area (Å²) in [5, 5.41) is 12.8. The predicted octanol–water partition coefficient (Wildman–Crippen LogP) is 1.42. The molecule has 3 heterocycles. The van der Waals surface area contributed by atoms with Crippen LogP contribution in [0.25, 0.3) is 0 Å². The van der Waals surface area contributed by atoms with Crippen molar-refractivity contribution in [3.8, 4) is 0 Å². The molecule has 2 bridgehead atoms. The van der Waals surface area contributed by atoms with Gasteiger partial charge >= 0.3 is 0 Å². The Morgan fingerprint density at radius 2 is 2.25 bits per heavy atom. The van der Waals surface area contributed by atoms with Crippen LogP contribution in [-0.4, -0.2) is 59.9 Å². The standard InChI is InChI=1S/C14H21ClN4O/c1-9(8-20)16-14-5-10(4-13(15)17-14)19-7-11-3-12(19)6-18(11)2/h4-5,9,11-12,20H,3,6-8H2,1-2H3,(H,16,17)/t9-,11?,12?/m0/s1. The van der Waals surface area contributed by atoms with Gasteiger partial charge in [-0.2, -0.15) is 0 Å². The zero-order valence-corrected chi connectivity index (χ0v) is 12.6. The summed E-state index contributed by atoms with van der Waals surface area (Å²) in [6, 6.07) is 5.15. The van der Waals surface area contributed by atoms with E-state index in [-0.39, 0.29) is 12.6 Å². The molecule has 0 aromatic carbocycles. The number of aromatic nitrogens is 1. The monoisotopic (exact) mass is 296 g/mol. The van der Waals surface area contributed by atoms with E-state index in [0.717, 1.165) is 24.6 Å². The van der Waals surface area contributed by atoms with E-state index in [2.05, 4.69) is 27.1 Å². The highest BCUT2D eigenvalue weighted by molar-refractivity contribution is 6.29. The van der Waals surface area contributed by atoms with Crippen LogP contribution in [0.3, 0.4) is 0 Å². The Balaban J connectivity index is 1.80. The predicted molar refractivity (Wildman–Crippen MR) is 81.6 cm³/mol. The quantitative estimate of drug-likeness (QED) is 0.823. The zero-order chi connectivity index (χ0) is 14.3. The second-order valence-corrected chi connectivity index (χ2v) is 6.28. The number of anilines is 2. The van der Waals surface area contributed by atoms with Crippen molar-refractivity contribution in [1.82, 2.24) is 9.88 Å². The minimum atomic E-state index is -0.0324. The Morgan fingerprint density at radius 3 is 2.85 bits per heavy atom. The molecule has 2 aliphatic rings. The van der Waals surface area contributed by atoms with Crippen molar-refractivity contribution in [2.45, 2.75) is 31.5 Å². The summed E-state index contributed by atoms with van der Waals surface area (Å²) in [5.41, 5.74) is 1.12. The van der Waals surface area contributed by atoms with Gasteiger partial charge in [-0.25, -0.2) is 4.98 Å². The fraction of sp³-hybridized carbons (Fsp3) is 0.643. The highest BCUT2D eigenvalue weighted by Gasteiger charge is 2.41. The van der Waals surface area contributed by atoms with Gasteiger partial charge in [-0.05, 0) is 26.5 Å². The number of pyridine rings is 1. The van der Waals surface area contributed by atoms with Crippen LogP contribution >= 0.6 is 11.6 Å². The Labute approximate surface area is 124 Å². The van der Waals surface area contributed by atoms with Gasteiger partial charge in [0.05, 0.1) is 6.61 Å². The minimum absolute atomic E-state index is 0.0324. The molecule has 5 nitrogen and oxygen atoms in total.